The molecule has 3 nitrogen and oxygen atoms in total. The lowest BCUT2D eigenvalue weighted by atomic mass is 10.8. The number of rotatable bonds is 2. The summed E-state index contributed by atoms with van der Waals surface area (Å²) in [5, 5.41) is 0.943. The molecule has 50 valence electrons. The minimum atomic E-state index is 0.500. The molecule has 1 aromatic heterocycles. The molecule has 0 fully saturated rings. The van der Waals surface area contributed by atoms with Crippen LogP contribution in [-0.2, 0) is 0 Å². The summed E-state index contributed by atoms with van der Waals surface area (Å²) < 4.78 is 8.93. The summed E-state index contributed by atoms with van der Waals surface area (Å²) in [6.45, 7) is 4.45. The van der Waals surface area contributed by atoms with Crippen molar-refractivity contribution < 1.29 is 4.74 Å². The monoisotopic (exact) mass is 144 g/mol. The Morgan fingerprint density at radius 3 is 2.89 bits per heavy atom. The van der Waals surface area contributed by atoms with E-state index in [1.165, 1.54) is 11.5 Å². The summed E-state index contributed by atoms with van der Waals surface area (Å²) in [5.74, 6) is 0. The summed E-state index contributed by atoms with van der Waals surface area (Å²) >= 11 is 1.36. The molecule has 9 heavy (non-hydrogen) atoms. The fourth-order valence-electron chi connectivity index (χ4n) is 0.468. The Labute approximate surface area is 57.9 Å². The van der Waals surface area contributed by atoms with Crippen molar-refractivity contribution in [3.8, 4) is 6.01 Å². The third-order valence-corrected chi connectivity index (χ3v) is 1.39. The molecule has 0 saturated heterocycles. The fraction of sp³-hybridized carbons (Fsp3) is 0.600. The van der Waals surface area contributed by atoms with E-state index in [0.717, 1.165) is 5.01 Å². The first-order valence-corrected chi connectivity index (χ1v) is 3.53. The maximum Gasteiger partial charge on any atom is 0.328 e. The molecule has 0 aromatic carbocycles. The lowest BCUT2D eigenvalue weighted by Crippen LogP contribution is -1.92. The molecule has 0 atom stereocenters. The number of nitrogens with zero attached hydrogens (tertiary/aromatic N) is 2. The lowest BCUT2D eigenvalue weighted by molar-refractivity contribution is 0.317. The SMILES string of the molecule is CCOc1nsc(C)n1. The van der Waals surface area contributed by atoms with Crippen LogP contribution in [0.2, 0.25) is 0 Å². The van der Waals surface area contributed by atoms with Crippen molar-refractivity contribution >= 4 is 11.5 Å². The molecule has 0 aliphatic rings. The molecule has 1 heterocycles. The third-order valence-electron chi connectivity index (χ3n) is 0.782. The topological polar surface area (TPSA) is 35.0 Å². The van der Waals surface area contributed by atoms with Crippen LogP contribution in [0.3, 0.4) is 0 Å². The number of aromatic nitrogens is 2. The molecule has 0 aliphatic carbocycles. The zero-order valence-electron chi connectivity index (χ0n) is 5.42. The zero-order chi connectivity index (χ0) is 6.69. The average molecular weight is 144 g/mol. The van der Waals surface area contributed by atoms with Gasteiger partial charge in [-0.05, 0) is 25.4 Å². The Bertz CT molecular complexity index is 187. The van der Waals surface area contributed by atoms with Crippen LogP contribution in [0.5, 0.6) is 6.01 Å². The van der Waals surface area contributed by atoms with Gasteiger partial charge in [0.1, 0.15) is 5.01 Å². The Morgan fingerprint density at radius 2 is 2.44 bits per heavy atom. The van der Waals surface area contributed by atoms with Crippen LogP contribution in [-0.4, -0.2) is 16.0 Å². The molecule has 0 spiro atoms. The van der Waals surface area contributed by atoms with E-state index in [4.69, 9.17) is 4.74 Å². The van der Waals surface area contributed by atoms with Gasteiger partial charge in [0.25, 0.3) is 0 Å². The Balaban J connectivity index is 2.61. The molecule has 0 unspecified atom stereocenters. The van der Waals surface area contributed by atoms with Crippen LogP contribution in [0.15, 0.2) is 0 Å². The standard InChI is InChI=1S/C5H8N2OS/c1-3-8-5-6-4(2)9-7-5/h3H2,1-2H3. The van der Waals surface area contributed by atoms with Gasteiger partial charge >= 0.3 is 6.01 Å². The number of hydrogen-bond donors (Lipinski definition) is 0. The number of aryl methyl sites for hydroxylation is 1. The van der Waals surface area contributed by atoms with E-state index >= 15 is 0 Å². The van der Waals surface area contributed by atoms with E-state index < -0.39 is 0 Å². The van der Waals surface area contributed by atoms with Crippen LogP contribution in [0.1, 0.15) is 11.9 Å². The maximum absolute atomic E-state index is 5.01. The predicted molar refractivity (Wildman–Crippen MR) is 35.8 cm³/mol. The summed E-state index contributed by atoms with van der Waals surface area (Å²) in [6.07, 6.45) is 0. The highest BCUT2D eigenvalue weighted by Gasteiger charge is 1.96. The van der Waals surface area contributed by atoms with Crippen molar-refractivity contribution in [3.63, 3.8) is 0 Å². The first-order chi connectivity index (χ1) is 4.33. The average Bonchev–Trinajstić information content (AvgIpc) is 2.17. The van der Waals surface area contributed by atoms with Crippen molar-refractivity contribution in [3.05, 3.63) is 5.01 Å². The van der Waals surface area contributed by atoms with E-state index in [9.17, 15) is 0 Å². The smallest absolute Gasteiger partial charge is 0.328 e. The van der Waals surface area contributed by atoms with Crippen LogP contribution < -0.4 is 4.74 Å². The van der Waals surface area contributed by atoms with Gasteiger partial charge in [-0.15, -0.1) is 4.37 Å². The quantitative estimate of drug-likeness (QED) is 0.626. The summed E-state index contributed by atoms with van der Waals surface area (Å²) in [6, 6.07) is 0.500. The first-order valence-electron chi connectivity index (χ1n) is 2.76. The molecule has 0 bridgehead atoms. The Morgan fingerprint density at radius 1 is 1.67 bits per heavy atom. The van der Waals surface area contributed by atoms with Gasteiger partial charge in [0.2, 0.25) is 0 Å². The minimum absolute atomic E-state index is 0.500. The highest BCUT2D eigenvalue weighted by molar-refractivity contribution is 7.05. The fourth-order valence-corrected chi connectivity index (χ4v) is 0.891. The Hall–Kier alpha value is -0.640. The van der Waals surface area contributed by atoms with Gasteiger partial charge in [-0.1, -0.05) is 0 Å². The number of ether oxygens (including phenoxy) is 1. The second kappa shape index (κ2) is 2.77. The highest BCUT2D eigenvalue weighted by Crippen LogP contribution is 2.08. The minimum Gasteiger partial charge on any atom is -0.463 e. The summed E-state index contributed by atoms with van der Waals surface area (Å²) in [4.78, 5) is 3.99. The highest BCUT2D eigenvalue weighted by atomic mass is 32.1. The second-order valence-corrected chi connectivity index (χ2v) is 2.48. The molecule has 1 rings (SSSR count). The summed E-state index contributed by atoms with van der Waals surface area (Å²) in [7, 11) is 0. The molecule has 0 N–H and O–H groups in total. The van der Waals surface area contributed by atoms with E-state index in [2.05, 4.69) is 9.36 Å². The Kier molecular flexibility index (Phi) is 2.00. The van der Waals surface area contributed by atoms with Gasteiger partial charge in [-0.3, -0.25) is 0 Å². The normalized spacial score (nSPS) is 9.56. The van der Waals surface area contributed by atoms with Gasteiger partial charge < -0.3 is 4.74 Å². The molecule has 1 aromatic rings. The van der Waals surface area contributed by atoms with Crippen molar-refractivity contribution in [2.45, 2.75) is 13.8 Å². The molecule has 0 amide bonds. The van der Waals surface area contributed by atoms with Crippen LogP contribution >= 0.6 is 11.5 Å². The van der Waals surface area contributed by atoms with E-state index in [1.54, 1.807) is 0 Å². The molecular weight excluding hydrogens is 136 g/mol. The van der Waals surface area contributed by atoms with E-state index in [1.807, 2.05) is 13.8 Å². The second-order valence-electron chi connectivity index (χ2n) is 1.53. The van der Waals surface area contributed by atoms with Crippen molar-refractivity contribution in [2.75, 3.05) is 6.61 Å². The molecular formula is C5H8N2OS. The van der Waals surface area contributed by atoms with Gasteiger partial charge in [0, 0.05) is 0 Å². The molecule has 4 heteroatoms. The van der Waals surface area contributed by atoms with Crippen LogP contribution in [0.4, 0.5) is 0 Å². The van der Waals surface area contributed by atoms with Crippen molar-refractivity contribution in [2.24, 2.45) is 0 Å². The van der Waals surface area contributed by atoms with Gasteiger partial charge in [0.15, 0.2) is 0 Å². The van der Waals surface area contributed by atoms with Crippen molar-refractivity contribution in [1.82, 2.24) is 9.36 Å². The first kappa shape index (κ1) is 6.48. The van der Waals surface area contributed by atoms with E-state index in [-0.39, 0.29) is 0 Å². The molecule has 0 aliphatic heterocycles. The predicted octanol–water partition coefficient (Wildman–Crippen LogP) is 1.25. The largest absolute Gasteiger partial charge is 0.463 e. The van der Waals surface area contributed by atoms with Gasteiger partial charge in [-0.2, -0.15) is 4.98 Å². The summed E-state index contributed by atoms with van der Waals surface area (Å²) in [5.41, 5.74) is 0. The number of hydrogen-bond acceptors (Lipinski definition) is 4. The van der Waals surface area contributed by atoms with Crippen molar-refractivity contribution in [1.29, 1.82) is 0 Å². The lowest BCUT2D eigenvalue weighted by Gasteiger charge is -1.90. The van der Waals surface area contributed by atoms with Crippen LogP contribution in [0.25, 0.3) is 0 Å². The molecule has 0 saturated carbocycles. The van der Waals surface area contributed by atoms with Gasteiger partial charge in [0.05, 0.1) is 6.61 Å². The third kappa shape index (κ3) is 1.64. The van der Waals surface area contributed by atoms with Gasteiger partial charge in [-0.25, -0.2) is 0 Å². The maximum atomic E-state index is 5.01. The van der Waals surface area contributed by atoms with Crippen LogP contribution in [0, 0.1) is 6.92 Å². The van der Waals surface area contributed by atoms with E-state index in [0.29, 0.717) is 12.6 Å². The molecule has 0 radical (unpaired) electrons. The zero-order valence-corrected chi connectivity index (χ0v) is 6.23.